The number of carboxylic acid groups (broad SMARTS) is 1. The molecule has 5 heteroatoms. The number of nitrogens with two attached hydrogens (primary N) is 1. The molecule has 0 aliphatic rings. The van der Waals surface area contributed by atoms with Crippen molar-refractivity contribution in [3.8, 4) is 0 Å². The number of hydrogen-bond acceptors (Lipinski definition) is 4. The van der Waals surface area contributed by atoms with Gasteiger partial charge in [-0.15, -0.1) is 0 Å². The Morgan fingerprint density at radius 2 is 2.31 bits per heavy atom. The molecule has 1 aromatic heterocycles. The van der Waals surface area contributed by atoms with E-state index >= 15 is 0 Å². The molecule has 3 N–H and O–H groups in total. The summed E-state index contributed by atoms with van der Waals surface area (Å²) in [7, 11) is 0. The molecule has 1 atom stereocenters. The molecule has 0 bridgehead atoms. The number of carboxylic acids is 1. The van der Waals surface area contributed by atoms with E-state index in [0.717, 1.165) is 0 Å². The molecule has 5 nitrogen and oxygen atoms in total. The molecule has 68 valence electrons. The van der Waals surface area contributed by atoms with Crippen molar-refractivity contribution in [1.29, 1.82) is 0 Å². The minimum atomic E-state index is -1.15. The molecule has 0 spiro atoms. The lowest BCUT2D eigenvalue weighted by molar-refractivity contribution is -0.138. The summed E-state index contributed by atoms with van der Waals surface area (Å²) in [6.07, 6.45) is 3.25. The van der Waals surface area contributed by atoms with Crippen molar-refractivity contribution in [3.05, 3.63) is 29.6 Å². The van der Waals surface area contributed by atoms with Crippen LogP contribution in [0.1, 0.15) is 22.0 Å². The topological polar surface area (TPSA) is 93.3 Å². The molecule has 0 aliphatic heterocycles. The predicted molar refractivity (Wildman–Crippen MR) is 44.2 cm³/mol. The van der Waals surface area contributed by atoms with Crippen molar-refractivity contribution >= 4 is 12.3 Å². The summed E-state index contributed by atoms with van der Waals surface area (Å²) >= 11 is 0. The second-order valence-electron chi connectivity index (χ2n) is 2.49. The van der Waals surface area contributed by atoms with Gasteiger partial charge >= 0.3 is 5.97 Å². The Balaban J connectivity index is 3.01. The first-order chi connectivity index (χ1) is 6.15. The van der Waals surface area contributed by atoms with Gasteiger partial charge in [0.1, 0.15) is 6.04 Å². The van der Waals surface area contributed by atoms with Gasteiger partial charge in [-0.05, 0) is 11.6 Å². The summed E-state index contributed by atoms with van der Waals surface area (Å²) in [6.45, 7) is 0. The molecular weight excluding hydrogens is 172 g/mol. The standard InChI is InChI=1S/C8H8N2O3/c9-7(8(12)13)6-1-5(4-11)2-10-3-6/h1-4,7H,9H2,(H,12,13)/t7-/m1/s1. The van der Waals surface area contributed by atoms with Gasteiger partial charge in [0.15, 0.2) is 6.29 Å². The van der Waals surface area contributed by atoms with Crippen LogP contribution in [0.25, 0.3) is 0 Å². The zero-order valence-corrected chi connectivity index (χ0v) is 6.68. The fraction of sp³-hybridized carbons (Fsp3) is 0.125. The van der Waals surface area contributed by atoms with Crippen LogP contribution in [0.2, 0.25) is 0 Å². The zero-order chi connectivity index (χ0) is 9.84. The Bertz CT molecular complexity index is 338. The average Bonchev–Trinajstić information content (AvgIpc) is 2.16. The number of nitrogens with zero attached hydrogens (tertiary/aromatic N) is 1. The molecule has 0 aromatic carbocycles. The summed E-state index contributed by atoms with van der Waals surface area (Å²) in [4.78, 5) is 24.5. The SMILES string of the molecule is N[C@@H](C(=O)O)c1cncc(C=O)c1. The van der Waals surface area contributed by atoms with E-state index in [1.165, 1.54) is 18.5 Å². The monoisotopic (exact) mass is 180 g/mol. The predicted octanol–water partition coefficient (Wildman–Crippen LogP) is -0.0215. The molecular formula is C8H8N2O3. The highest BCUT2D eigenvalue weighted by atomic mass is 16.4. The van der Waals surface area contributed by atoms with E-state index < -0.39 is 12.0 Å². The minimum Gasteiger partial charge on any atom is -0.480 e. The van der Waals surface area contributed by atoms with Gasteiger partial charge in [-0.25, -0.2) is 0 Å². The number of aldehydes is 1. The van der Waals surface area contributed by atoms with Gasteiger partial charge in [0, 0.05) is 18.0 Å². The molecule has 1 heterocycles. The van der Waals surface area contributed by atoms with E-state index in [-0.39, 0.29) is 0 Å². The quantitative estimate of drug-likeness (QED) is 0.637. The van der Waals surface area contributed by atoms with E-state index in [1.54, 1.807) is 0 Å². The summed E-state index contributed by atoms with van der Waals surface area (Å²) in [5.74, 6) is -1.15. The third kappa shape index (κ3) is 2.09. The number of hydrogen-bond donors (Lipinski definition) is 2. The van der Waals surface area contributed by atoms with Crippen molar-refractivity contribution in [3.63, 3.8) is 0 Å². The Kier molecular flexibility index (Phi) is 2.71. The molecule has 13 heavy (non-hydrogen) atoms. The normalized spacial score (nSPS) is 12.1. The Morgan fingerprint density at radius 1 is 1.62 bits per heavy atom. The van der Waals surface area contributed by atoms with Crippen molar-refractivity contribution in [1.82, 2.24) is 4.98 Å². The highest BCUT2D eigenvalue weighted by Gasteiger charge is 2.14. The lowest BCUT2D eigenvalue weighted by Gasteiger charge is -2.05. The van der Waals surface area contributed by atoms with E-state index in [0.29, 0.717) is 17.4 Å². The second kappa shape index (κ2) is 3.77. The van der Waals surface area contributed by atoms with Gasteiger partial charge in [-0.3, -0.25) is 14.6 Å². The molecule has 0 aliphatic carbocycles. The van der Waals surface area contributed by atoms with Crippen LogP contribution in [-0.2, 0) is 4.79 Å². The van der Waals surface area contributed by atoms with Crippen molar-refractivity contribution in [2.24, 2.45) is 5.73 Å². The fourth-order valence-corrected chi connectivity index (χ4v) is 0.853. The number of pyridine rings is 1. The van der Waals surface area contributed by atoms with Gasteiger partial charge in [0.25, 0.3) is 0 Å². The molecule has 1 aromatic rings. The Hall–Kier alpha value is -1.75. The maximum absolute atomic E-state index is 10.5. The van der Waals surface area contributed by atoms with Crippen LogP contribution in [0.15, 0.2) is 18.5 Å². The maximum atomic E-state index is 10.5. The number of rotatable bonds is 3. The molecule has 0 saturated carbocycles. The van der Waals surface area contributed by atoms with E-state index in [4.69, 9.17) is 10.8 Å². The molecule has 0 radical (unpaired) electrons. The second-order valence-corrected chi connectivity index (χ2v) is 2.49. The third-order valence-corrected chi connectivity index (χ3v) is 1.54. The summed E-state index contributed by atoms with van der Waals surface area (Å²) in [5.41, 5.74) is 5.94. The lowest BCUT2D eigenvalue weighted by Crippen LogP contribution is -2.20. The Labute approximate surface area is 74.2 Å². The van der Waals surface area contributed by atoms with Gasteiger partial charge in [0.05, 0.1) is 0 Å². The van der Waals surface area contributed by atoms with Crippen LogP contribution in [-0.4, -0.2) is 22.3 Å². The lowest BCUT2D eigenvalue weighted by atomic mass is 10.1. The van der Waals surface area contributed by atoms with Crippen LogP contribution in [0.5, 0.6) is 0 Å². The minimum absolute atomic E-state index is 0.314. The van der Waals surface area contributed by atoms with Crippen LogP contribution in [0, 0.1) is 0 Å². The molecule has 0 fully saturated rings. The number of aromatic nitrogens is 1. The first kappa shape index (κ1) is 9.34. The highest BCUT2D eigenvalue weighted by molar-refractivity contribution is 5.78. The maximum Gasteiger partial charge on any atom is 0.325 e. The van der Waals surface area contributed by atoms with E-state index in [1.807, 2.05) is 0 Å². The van der Waals surface area contributed by atoms with E-state index in [2.05, 4.69) is 4.98 Å². The van der Waals surface area contributed by atoms with E-state index in [9.17, 15) is 9.59 Å². The fourth-order valence-electron chi connectivity index (χ4n) is 0.853. The van der Waals surface area contributed by atoms with Gasteiger partial charge < -0.3 is 10.8 Å². The first-order valence-electron chi connectivity index (χ1n) is 3.53. The summed E-state index contributed by atoms with van der Waals surface area (Å²) in [5, 5.41) is 8.56. The molecule has 0 saturated heterocycles. The number of aliphatic carboxylic acids is 1. The zero-order valence-electron chi connectivity index (χ0n) is 6.68. The van der Waals surface area contributed by atoms with Gasteiger partial charge in [-0.1, -0.05) is 0 Å². The van der Waals surface area contributed by atoms with Gasteiger partial charge in [0.2, 0.25) is 0 Å². The highest BCUT2D eigenvalue weighted by Crippen LogP contribution is 2.09. The third-order valence-electron chi connectivity index (χ3n) is 1.54. The van der Waals surface area contributed by atoms with Crippen LogP contribution >= 0.6 is 0 Å². The number of carbonyl (C=O) groups is 2. The van der Waals surface area contributed by atoms with Crippen LogP contribution < -0.4 is 5.73 Å². The van der Waals surface area contributed by atoms with Crippen LogP contribution in [0.3, 0.4) is 0 Å². The first-order valence-corrected chi connectivity index (χ1v) is 3.53. The summed E-state index contributed by atoms with van der Waals surface area (Å²) in [6, 6.07) is 0.270. The van der Waals surface area contributed by atoms with Crippen LogP contribution in [0.4, 0.5) is 0 Å². The van der Waals surface area contributed by atoms with Crippen molar-refractivity contribution < 1.29 is 14.7 Å². The Morgan fingerprint density at radius 3 is 2.85 bits per heavy atom. The molecule has 0 amide bonds. The smallest absolute Gasteiger partial charge is 0.325 e. The molecule has 1 rings (SSSR count). The van der Waals surface area contributed by atoms with Gasteiger partial charge in [-0.2, -0.15) is 0 Å². The average molecular weight is 180 g/mol. The largest absolute Gasteiger partial charge is 0.480 e. The molecule has 0 unspecified atom stereocenters. The van der Waals surface area contributed by atoms with Crippen molar-refractivity contribution in [2.45, 2.75) is 6.04 Å². The number of carbonyl (C=O) groups excluding carboxylic acids is 1. The van der Waals surface area contributed by atoms with Crippen molar-refractivity contribution in [2.75, 3.05) is 0 Å². The summed E-state index contributed by atoms with van der Waals surface area (Å²) < 4.78 is 0.